The minimum atomic E-state index is -2.32. The first kappa shape index (κ1) is 28.3. The molecule has 7 rings (SSSR count). The summed E-state index contributed by atoms with van der Waals surface area (Å²) in [5.41, 5.74) is 4.53. The number of nitrogens with zero attached hydrogens (tertiary/aromatic N) is 3. The molecule has 0 amide bonds. The molecule has 2 aromatic carbocycles. The summed E-state index contributed by atoms with van der Waals surface area (Å²) >= 11 is 0. The van der Waals surface area contributed by atoms with Crippen LogP contribution in [0.3, 0.4) is 0 Å². The van der Waals surface area contributed by atoms with Gasteiger partial charge in [-0.25, -0.2) is 4.98 Å². The number of aryl methyl sites for hydroxylation is 1. The number of hydrogen-bond donors (Lipinski definition) is 0. The van der Waals surface area contributed by atoms with Gasteiger partial charge in [0.1, 0.15) is 0 Å². The van der Waals surface area contributed by atoms with E-state index in [2.05, 4.69) is 46.7 Å². The van der Waals surface area contributed by atoms with Crippen molar-refractivity contribution in [3.05, 3.63) is 108 Å². The average Bonchev–Trinajstić information content (AvgIpc) is 3.53. The van der Waals surface area contributed by atoms with Crippen molar-refractivity contribution < 1.29 is 34.1 Å². The third-order valence-corrected chi connectivity index (χ3v) is 10.5. The molecule has 0 unspecified atom stereocenters. The molecule has 0 bridgehead atoms. The maximum Gasteiger partial charge on any atom is 0.216 e. The molecule has 4 nitrogen and oxygen atoms in total. The van der Waals surface area contributed by atoms with Crippen molar-refractivity contribution in [1.82, 2.24) is 15.0 Å². The van der Waals surface area contributed by atoms with Crippen LogP contribution < -0.4 is 5.19 Å². The van der Waals surface area contributed by atoms with Crippen molar-refractivity contribution in [1.29, 1.82) is 0 Å². The zero-order valence-corrected chi connectivity index (χ0v) is 32.6. The first-order valence-electron chi connectivity index (χ1n) is 20.4. The van der Waals surface area contributed by atoms with Crippen LogP contribution in [0.2, 0.25) is 19.6 Å². The Morgan fingerprint density at radius 2 is 1.73 bits per heavy atom. The number of hydrogen-bond acceptors (Lipinski definition) is 4. The molecule has 1 radical (unpaired) electrons. The van der Waals surface area contributed by atoms with Crippen molar-refractivity contribution >= 4 is 35.3 Å². The Morgan fingerprint density at radius 1 is 0.918 bits per heavy atom. The Bertz CT molecular complexity index is 2290. The predicted octanol–water partition coefficient (Wildman–Crippen LogP) is 11.0. The van der Waals surface area contributed by atoms with E-state index in [4.69, 9.17) is 14.0 Å². The van der Waals surface area contributed by atoms with Gasteiger partial charge in [-0.05, 0) is 65.7 Å². The summed E-state index contributed by atoms with van der Waals surface area (Å²) in [5.74, 6) is -0.0000213. The topological polar surface area (TPSA) is 51.8 Å². The summed E-state index contributed by atoms with van der Waals surface area (Å²) in [4.78, 5) is 13.3. The van der Waals surface area contributed by atoms with E-state index in [1.165, 1.54) is 12.5 Å². The molecule has 0 spiro atoms. The summed E-state index contributed by atoms with van der Waals surface area (Å²) in [6.45, 7) is 10.3. The largest absolute Gasteiger partial charge is 0.486 e. The number of benzene rings is 2. The third kappa shape index (κ3) is 9.22. The molecule has 0 atom stereocenters. The zero-order valence-electron chi connectivity index (χ0n) is 36.2. The van der Waals surface area contributed by atoms with Gasteiger partial charge in [-0.3, -0.25) is 0 Å². The first-order chi connectivity index (χ1) is 25.7. The molecule has 1 fully saturated rings. The molecule has 257 valence electrons. The molecule has 4 heterocycles. The minimum Gasteiger partial charge on any atom is -0.486 e. The van der Waals surface area contributed by atoms with Crippen LogP contribution in [0.1, 0.15) is 79.3 Å². The molecule has 49 heavy (non-hydrogen) atoms. The van der Waals surface area contributed by atoms with Crippen LogP contribution in [0.15, 0.2) is 83.5 Å². The van der Waals surface area contributed by atoms with E-state index in [1.54, 1.807) is 30.5 Å². The predicted molar refractivity (Wildman–Crippen MR) is 203 cm³/mol. The number of aromatic nitrogens is 3. The minimum absolute atomic E-state index is 0. The zero-order chi connectivity index (χ0) is 40.0. The van der Waals surface area contributed by atoms with Gasteiger partial charge in [0.15, 0.2) is 0 Å². The van der Waals surface area contributed by atoms with Gasteiger partial charge < -0.3 is 14.4 Å². The van der Waals surface area contributed by atoms with Crippen LogP contribution in [-0.2, 0) is 32.9 Å². The molecule has 6 heteroatoms. The van der Waals surface area contributed by atoms with Crippen molar-refractivity contribution in [2.45, 2.75) is 92.1 Å². The molecule has 0 saturated heterocycles. The van der Waals surface area contributed by atoms with Gasteiger partial charge in [-0.2, -0.15) is 0 Å². The van der Waals surface area contributed by atoms with E-state index in [-0.39, 0.29) is 37.4 Å². The third-order valence-electron chi connectivity index (χ3n) is 8.50. The molecule has 1 aliphatic carbocycles. The fourth-order valence-corrected chi connectivity index (χ4v) is 7.61. The number of pyridine rings is 3. The monoisotopic (exact) mass is 851 g/mol. The molecule has 6 aromatic rings. The standard InChI is InChI=1S/C24H23N2O.C19H26NSi.Ir/c1-16-10-11-20-19-8-5-9-21(23(19)27-24(20)26-16)22-15-18(12-13-25-22)14-17-6-3-2-4-7-17;1-19(2,3)13-16-12-17(15-10-8-7-9-11-15)20-14-18(16)21(4,5)6;/h5,8,10-13,15,17H,2-4,6-7,14H2,1H3;7-10,12,14H,13H2,1-6H3;/q2*-1;/i1D3,14D2;13D2;. The maximum atomic E-state index is 8.80. The van der Waals surface area contributed by atoms with Gasteiger partial charge in [0.25, 0.3) is 0 Å². The second-order valence-corrected chi connectivity index (χ2v) is 19.7. The molecule has 4 aromatic heterocycles. The van der Waals surface area contributed by atoms with E-state index in [1.807, 2.05) is 63.4 Å². The number of fused-ring (bicyclic) bond motifs is 3. The second kappa shape index (κ2) is 15.6. The van der Waals surface area contributed by atoms with E-state index >= 15 is 0 Å². The van der Waals surface area contributed by atoms with Gasteiger partial charge in [0, 0.05) is 53.2 Å². The quantitative estimate of drug-likeness (QED) is 0.124. The molecular weight excluding hydrogens is 795 g/mol. The second-order valence-electron chi connectivity index (χ2n) is 14.7. The van der Waals surface area contributed by atoms with E-state index in [0.29, 0.717) is 22.4 Å². The van der Waals surface area contributed by atoms with Crippen LogP contribution in [0.4, 0.5) is 0 Å². The van der Waals surface area contributed by atoms with Crippen molar-refractivity contribution in [3.63, 3.8) is 0 Å². The summed E-state index contributed by atoms with van der Waals surface area (Å²) in [6.07, 6.45) is 5.77. The van der Waals surface area contributed by atoms with Crippen molar-refractivity contribution in [3.8, 4) is 22.5 Å². The van der Waals surface area contributed by atoms with Crippen molar-refractivity contribution in [2.24, 2.45) is 11.3 Å². The Labute approximate surface area is 317 Å². The van der Waals surface area contributed by atoms with Crippen molar-refractivity contribution in [2.75, 3.05) is 0 Å². The van der Waals surface area contributed by atoms with Crippen LogP contribution in [-0.4, -0.2) is 23.0 Å². The summed E-state index contributed by atoms with van der Waals surface area (Å²) in [7, 11) is -1.70. The Hall–Kier alpha value is -3.44. The first-order valence-corrected chi connectivity index (χ1v) is 20.4. The van der Waals surface area contributed by atoms with Gasteiger partial charge >= 0.3 is 0 Å². The van der Waals surface area contributed by atoms with Gasteiger partial charge in [0.05, 0.1) is 13.7 Å². The SMILES string of the molecule is [2H]C([2H])([2H])c1ccc2c(n1)oc1c(-c3cc(C([2H])([2H])C4CCCCC4)ccn3)[c-]ccc12.[2H]C([2H])(c1cc(-c2[c-]cccc2)ncc1[Si](C)(C)C)C(C)(C)C.[Ir]. The smallest absolute Gasteiger partial charge is 0.216 e. The fourth-order valence-electron chi connectivity index (χ4n) is 6.21. The van der Waals surface area contributed by atoms with Gasteiger partial charge in [-0.15, -0.1) is 54.1 Å². The summed E-state index contributed by atoms with van der Waals surface area (Å²) in [6, 6.07) is 26.4. The summed E-state index contributed by atoms with van der Waals surface area (Å²) in [5, 5.41) is 2.61. The van der Waals surface area contributed by atoms with E-state index < -0.39 is 33.1 Å². The Kier molecular flexibility index (Phi) is 9.02. The molecule has 0 aliphatic heterocycles. The van der Waals surface area contributed by atoms with Crippen LogP contribution >= 0.6 is 0 Å². The normalized spacial score (nSPS) is 16.9. The average molecular weight is 851 g/mol. The number of furan rings is 1. The maximum absolute atomic E-state index is 8.80. The fraction of sp³-hybridized carbons (Fsp3) is 0.372. The van der Waals surface area contributed by atoms with E-state index in [9.17, 15) is 0 Å². The van der Waals surface area contributed by atoms with Crippen LogP contribution in [0.5, 0.6) is 0 Å². The molecule has 1 saturated carbocycles. The van der Waals surface area contributed by atoms with Crippen LogP contribution in [0, 0.1) is 30.3 Å². The Balaban J connectivity index is 0.000000223. The van der Waals surface area contributed by atoms with E-state index in [0.717, 1.165) is 58.5 Å². The molecule has 1 aliphatic rings. The molecule has 0 N–H and O–H groups in total. The van der Waals surface area contributed by atoms with Crippen LogP contribution in [0.25, 0.3) is 44.6 Å². The number of rotatable bonds is 6. The summed E-state index contributed by atoms with van der Waals surface area (Å²) < 4.78 is 63.9. The molecular formula is C43H49IrN3OSi-2. The van der Waals surface area contributed by atoms with Gasteiger partial charge in [-0.1, -0.05) is 107 Å². The Morgan fingerprint density at radius 3 is 2.45 bits per heavy atom. The van der Waals surface area contributed by atoms with Gasteiger partial charge in [0.2, 0.25) is 5.71 Å².